The normalized spacial score (nSPS) is 31.3. The van der Waals surface area contributed by atoms with E-state index in [4.69, 9.17) is 0 Å². The summed E-state index contributed by atoms with van der Waals surface area (Å²) in [4.78, 5) is 37.9. The zero-order valence-electron chi connectivity index (χ0n) is 17.1. The van der Waals surface area contributed by atoms with Crippen molar-refractivity contribution in [3.05, 3.63) is 30.1 Å². The highest BCUT2D eigenvalue weighted by atomic mass is 32.2. The van der Waals surface area contributed by atoms with Crippen LogP contribution in [0.1, 0.15) is 51.9 Å². The number of nitrogens with one attached hydrogen (secondary N) is 3. The second-order valence-electron chi connectivity index (χ2n) is 9.26. The lowest BCUT2D eigenvalue weighted by atomic mass is 9.46. The smallest absolute Gasteiger partial charge is 0.244 e. The van der Waals surface area contributed by atoms with Crippen LogP contribution in [0, 0.1) is 23.1 Å². The Kier molecular flexibility index (Phi) is 5.79. The van der Waals surface area contributed by atoms with Crippen LogP contribution in [0.5, 0.6) is 0 Å². The van der Waals surface area contributed by atoms with Gasteiger partial charge in [-0.25, -0.2) is 4.39 Å². The molecule has 0 radical (unpaired) electrons. The molecule has 4 bridgehead atoms. The molecule has 162 valence electrons. The molecule has 4 fully saturated rings. The van der Waals surface area contributed by atoms with Crippen molar-refractivity contribution in [1.29, 1.82) is 0 Å². The topological polar surface area (TPSA) is 87.3 Å². The largest absolute Gasteiger partial charge is 0.351 e. The fraction of sp³-hybridized carbons (Fsp3) is 0.591. The minimum absolute atomic E-state index is 0.0422. The minimum Gasteiger partial charge on any atom is -0.351 e. The Labute approximate surface area is 180 Å². The van der Waals surface area contributed by atoms with E-state index in [1.165, 1.54) is 30.8 Å². The van der Waals surface area contributed by atoms with Gasteiger partial charge in [0.05, 0.1) is 5.41 Å². The number of hydrazine groups is 1. The van der Waals surface area contributed by atoms with Gasteiger partial charge in [-0.05, 0) is 74.6 Å². The van der Waals surface area contributed by atoms with E-state index < -0.39 is 5.41 Å². The molecule has 8 heteroatoms. The maximum Gasteiger partial charge on any atom is 0.244 e. The van der Waals surface area contributed by atoms with Gasteiger partial charge < -0.3 is 5.32 Å². The van der Waals surface area contributed by atoms with E-state index in [-0.39, 0.29) is 35.5 Å². The molecule has 0 saturated heterocycles. The Morgan fingerprint density at radius 1 is 1.07 bits per heavy atom. The number of carbonyl (C=O) groups is 3. The molecular weight excluding hydrogens is 405 g/mol. The number of halogens is 1. The minimum atomic E-state index is -0.511. The van der Waals surface area contributed by atoms with Crippen molar-refractivity contribution in [2.45, 2.75) is 62.3 Å². The van der Waals surface area contributed by atoms with Crippen molar-refractivity contribution in [2.75, 3.05) is 5.75 Å². The summed E-state index contributed by atoms with van der Waals surface area (Å²) in [5.74, 6) is 0.724. The molecule has 4 aliphatic rings. The number of hydrogen-bond acceptors (Lipinski definition) is 4. The Morgan fingerprint density at radius 3 is 2.37 bits per heavy atom. The maximum absolute atomic E-state index is 13.1. The first-order chi connectivity index (χ1) is 14.3. The van der Waals surface area contributed by atoms with Crippen LogP contribution >= 0.6 is 11.8 Å². The van der Waals surface area contributed by atoms with E-state index in [0.717, 1.165) is 37.0 Å². The third kappa shape index (κ3) is 4.48. The molecule has 0 spiro atoms. The maximum atomic E-state index is 13.1. The Balaban J connectivity index is 1.28. The van der Waals surface area contributed by atoms with E-state index in [0.29, 0.717) is 24.0 Å². The van der Waals surface area contributed by atoms with Crippen LogP contribution in [0.25, 0.3) is 0 Å². The second kappa shape index (κ2) is 8.21. The highest BCUT2D eigenvalue weighted by Gasteiger charge is 2.60. The van der Waals surface area contributed by atoms with Crippen molar-refractivity contribution in [3.8, 4) is 0 Å². The average Bonchev–Trinajstić information content (AvgIpc) is 2.65. The molecule has 3 N–H and O–H groups in total. The fourth-order valence-corrected chi connectivity index (χ4v) is 7.01. The van der Waals surface area contributed by atoms with Gasteiger partial charge in [0, 0.05) is 29.5 Å². The first-order valence-electron chi connectivity index (χ1n) is 10.5. The first-order valence-corrected chi connectivity index (χ1v) is 11.5. The third-order valence-corrected chi connectivity index (χ3v) is 7.72. The Hall–Kier alpha value is -2.09. The number of hydrogen-bond donors (Lipinski definition) is 3. The predicted octanol–water partition coefficient (Wildman–Crippen LogP) is 2.93. The van der Waals surface area contributed by atoms with Crippen molar-refractivity contribution in [3.63, 3.8) is 0 Å². The molecule has 5 rings (SSSR count). The number of thioether (sulfide) groups is 1. The SMILES string of the molecule is CC(=O)NC12C[C@H]3C[C@@H](C1)CC(C(=O)NNC(=O)CCSc1ccc(F)cc1)(C3)C2. The average molecular weight is 434 g/mol. The molecule has 3 amide bonds. The summed E-state index contributed by atoms with van der Waals surface area (Å²) in [6.07, 6.45) is 5.57. The summed E-state index contributed by atoms with van der Waals surface area (Å²) in [6, 6.07) is 6.14. The van der Waals surface area contributed by atoms with Gasteiger partial charge in [0.15, 0.2) is 0 Å². The van der Waals surface area contributed by atoms with E-state index in [9.17, 15) is 18.8 Å². The highest BCUT2D eigenvalue weighted by molar-refractivity contribution is 7.99. The van der Waals surface area contributed by atoms with Crippen LogP contribution in [0.4, 0.5) is 4.39 Å². The summed E-state index contributed by atoms with van der Waals surface area (Å²) in [7, 11) is 0. The lowest BCUT2D eigenvalue weighted by Crippen LogP contribution is -2.66. The quantitative estimate of drug-likeness (QED) is 0.476. The molecule has 2 unspecified atom stereocenters. The number of rotatable bonds is 6. The van der Waals surface area contributed by atoms with E-state index in [1.54, 1.807) is 12.1 Å². The molecule has 0 aromatic heterocycles. The van der Waals surface area contributed by atoms with Crippen LogP contribution in [-0.2, 0) is 14.4 Å². The van der Waals surface area contributed by atoms with Crippen LogP contribution in [0.15, 0.2) is 29.2 Å². The Morgan fingerprint density at radius 2 is 1.73 bits per heavy atom. The van der Waals surface area contributed by atoms with Gasteiger partial charge in [-0.15, -0.1) is 11.8 Å². The van der Waals surface area contributed by atoms with Crippen LogP contribution in [0.3, 0.4) is 0 Å². The molecule has 30 heavy (non-hydrogen) atoms. The lowest BCUT2D eigenvalue weighted by Gasteiger charge is -2.61. The van der Waals surface area contributed by atoms with Gasteiger partial charge in [0.1, 0.15) is 5.82 Å². The van der Waals surface area contributed by atoms with Gasteiger partial charge in [-0.3, -0.25) is 25.2 Å². The van der Waals surface area contributed by atoms with E-state index >= 15 is 0 Å². The van der Waals surface area contributed by atoms with Crippen LogP contribution in [-0.4, -0.2) is 29.0 Å². The molecular formula is C22H28FN3O3S. The van der Waals surface area contributed by atoms with E-state index in [2.05, 4.69) is 16.2 Å². The number of benzene rings is 1. The number of amides is 3. The summed E-state index contributed by atoms with van der Waals surface area (Å²) in [5.41, 5.74) is 4.43. The van der Waals surface area contributed by atoms with Crippen molar-refractivity contribution in [2.24, 2.45) is 17.3 Å². The van der Waals surface area contributed by atoms with Crippen molar-refractivity contribution >= 4 is 29.5 Å². The molecule has 1 aromatic carbocycles. The molecule has 6 nitrogen and oxygen atoms in total. The molecule has 4 atom stereocenters. The number of carbonyl (C=O) groups excluding carboxylic acids is 3. The third-order valence-electron chi connectivity index (χ3n) is 6.71. The highest BCUT2D eigenvalue weighted by Crippen LogP contribution is 2.61. The summed E-state index contributed by atoms with van der Waals surface area (Å²) >= 11 is 1.46. The van der Waals surface area contributed by atoms with Crippen molar-refractivity contribution in [1.82, 2.24) is 16.2 Å². The molecule has 1 aromatic rings. The zero-order valence-corrected chi connectivity index (χ0v) is 17.9. The van der Waals surface area contributed by atoms with E-state index in [1.807, 2.05) is 0 Å². The summed E-state index contributed by atoms with van der Waals surface area (Å²) in [5, 5.41) is 3.15. The van der Waals surface area contributed by atoms with Gasteiger partial charge in [0.2, 0.25) is 17.7 Å². The second-order valence-corrected chi connectivity index (χ2v) is 10.4. The Bertz CT molecular complexity index is 831. The van der Waals surface area contributed by atoms with Gasteiger partial charge >= 0.3 is 0 Å². The van der Waals surface area contributed by atoms with Gasteiger partial charge in [-0.2, -0.15) is 0 Å². The fourth-order valence-electron chi connectivity index (χ4n) is 6.16. The van der Waals surface area contributed by atoms with Gasteiger partial charge in [-0.1, -0.05) is 0 Å². The summed E-state index contributed by atoms with van der Waals surface area (Å²) in [6.45, 7) is 1.54. The zero-order chi connectivity index (χ0) is 21.4. The summed E-state index contributed by atoms with van der Waals surface area (Å²) < 4.78 is 12.9. The van der Waals surface area contributed by atoms with Crippen LogP contribution in [0.2, 0.25) is 0 Å². The lowest BCUT2D eigenvalue weighted by molar-refractivity contribution is -0.154. The van der Waals surface area contributed by atoms with Crippen molar-refractivity contribution < 1.29 is 18.8 Å². The molecule has 4 aliphatic carbocycles. The predicted molar refractivity (Wildman–Crippen MR) is 112 cm³/mol. The molecule has 4 saturated carbocycles. The molecule has 0 aliphatic heterocycles. The van der Waals surface area contributed by atoms with Crippen LogP contribution < -0.4 is 16.2 Å². The van der Waals surface area contributed by atoms with Gasteiger partial charge in [0.25, 0.3) is 0 Å². The monoisotopic (exact) mass is 433 g/mol. The standard InChI is InChI=1S/C22H28FN3O3S/c1-14(27)24-22-11-15-8-16(12-22)10-21(9-15,13-22)20(29)26-25-19(28)6-7-30-18-4-2-17(23)3-5-18/h2-5,15-16H,6-13H2,1H3,(H,24,27)(H,25,28)(H,26,29)/t15-,16+,21?,22?. The first kappa shape index (κ1) is 21.2. The molecule has 0 heterocycles.